The second-order valence-electron chi connectivity index (χ2n) is 4.07. The van der Waals surface area contributed by atoms with Crippen molar-refractivity contribution in [2.24, 2.45) is 7.05 Å². The Kier molecular flexibility index (Phi) is 3.75. The van der Waals surface area contributed by atoms with Gasteiger partial charge in [-0.25, -0.2) is 9.97 Å². The molecule has 0 amide bonds. The molecule has 0 aliphatic rings. The van der Waals surface area contributed by atoms with Crippen LogP contribution in [-0.2, 0) is 13.5 Å². The maximum atomic E-state index is 4.56. The average Bonchev–Trinajstić information content (AvgIpc) is 2.73. The van der Waals surface area contributed by atoms with Gasteiger partial charge >= 0.3 is 0 Å². The average molecular weight is 230 g/mol. The maximum Gasteiger partial charge on any atom is 0.126 e. The molecule has 0 saturated heterocycles. The van der Waals surface area contributed by atoms with E-state index in [9.17, 15) is 0 Å². The Balaban J connectivity index is 2.08. The number of anilines is 1. The van der Waals surface area contributed by atoms with Crippen LogP contribution in [0.5, 0.6) is 0 Å². The highest BCUT2D eigenvalue weighted by atomic mass is 15.0. The molecule has 0 fully saturated rings. The predicted molar refractivity (Wildman–Crippen MR) is 69.0 cm³/mol. The number of hydrogen-bond donors (Lipinski definition) is 1. The van der Waals surface area contributed by atoms with Crippen molar-refractivity contribution >= 4 is 5.82 Å². The number of nitrogens with one attached hydrogen (secondary N) is 1. The highest BCUT2D eigenvalue weighted by Crippen LogP contribution is 2.09. The molecule has 0 aromatic carbocycles. The lowest BCUT2D eigenvalue weighted by atomic mass is 10.2. The van der Waals surface area contributed by atoms with Crippen LogP contribution in [0.2, 0.25) is 0 Å². The summed E-state index contributed by atoms with van der Waals surface area (Å²) in [5.74, 6) is 1.98. The van der Waals surface area contributed by atoms with E-state index in [2.05, 4.69) is 22.2 Å². The van der Waals surface area contributed by atoms with Crippen LogP contribution in [0.15, 0.2) is 30.6 Å². The van der Waals surface area contributed by atoms with Gasteiger partial charge in [-0.05, 0) is 18.6 Å². The van der Waals surface area contributed by atoms with Gasteiger partial charge in [-0.1, -0.05) is 13.0 Å². The Morgan fingerprint density at radius 1 is 1.35 bits per heavy atom. The van der Waals surface area contributed by atoms with Crippen LogP contribution < -0.4 is 5.32 Å². The number of aromatic nitrogens is 3. The van der Waals surface area contributed by atoms with E-state index >= 15 is 0 Å². The van der Waals surface area contributed by atoms with E-state index in [1.807, 2.05) is 42.2 Å². The molecule has 0 bridgehead atoms. The topological polar surface area (TPSA) is 42.7 Å². The quantitative estimate of drug-likeness (QED) is 0.856. The molecule has 2 aromatic rings. The fourth-order valence-corrected chi connectivity index (χ4v) is 1.66. The Hall–Kier alpha value is -1.84. The van der Waals surface area contributed by atoms with E-state index in [-0.39, 0.29) is 0 Å². The van der Waals surface area contributed by atoms with Gasteiger partial charge in [-0.15, -0.1) is 0 Å². The first-order valence-corrected chi connectivity index (χ1v) is 5.95. The normalized spacial score (nSPS) is 10.5. The second-order valence-corrected chi connectivity index (χ2v) is 4.07. The summed E-state index contributed by atoms with van der Waals surface area (Å²) in [6, 6.07) is 6.06. The van der Waals surface area contributed by atoms with Crippen LogP contribution in [0, 0.1) is 0 Å². The van der Waals surface area contributed by atoms with Gasteiger partial charge in [0.25, 0.3) is 0 Å². The Morgan fingerprint density at radius 3 is 2.94 bits per heavy atom. The van der Waals surface area contributed by atoms with E-state index in [0.29, 0.717) is 0 Å². The fourth-order valence-electron chi connectivity index (χ4n) is 1.66. The lowest BCUT2D eigenvalue weighted by molar-refractivity contribution is 0.811. The van der Waals surface area contributed by atoms with E-state index in [4.69, 9.17) is 0 Å². The molecular weight excluding hydrogens is 212 g/mol. The molecule has 2 rings (SSSR count). The molecule has 0 radical (unpaired) electrons. The first-order valence-electron chi connectivity index (χ1n) is 5.95. The number of aryl methyl sites for hydroxylation is 1. The number of pyridine rings is 1. The molecule has 0 spiro atoms. The number of rotatable bonds is 5. The molecular formula is C13H18N4. The number of nitrogens with zero attached hydrogens (tertiary/aromatic N) is 3. The summed E-state index contributed by atoms with van der Waals surface area (Å²) in [4.78, 5) is 8.87. The molecule has 4 heteroatoms. The zero-order valence-electron chi connectivity index (χ0n) is 10.3. The monoisotopic (exact) mass is 230 g/mol. The molecule has 17 heavy (non-hydrogen) atoms. The van der Waals surface area contributed by atoms with Gasteiger partial charge in [0, 0.05) is 32.4 Å². The third-order valence-corrected chi connectivity index (χ3v) is 2.62. The smallest absolute Gasteiger partial charge is 0.126 e. The van der Waals surface area contributed by atoms with Crippen molar-refractivity contribution < 1.29 is 0 Å². The van der Waals surface area contributed by atoms with Gasteiger partial charge in [0.15, 0.2) is 0 Å². The van der Waals surface area contributed by atoms with Crippen molar-refractivity contribution in [3.8, 4) is 0 Å². The maximum absolute atomic E-state index is 4.56. The van der Waals surface area contributed by atoms with E-state index in [1.54, 1.807) is 0 Å². The summed E-state index contributed by atoms with van der Waals surface area (Å²) in [5, 5.41) is 3.29. The van der Waals surface area contributed by atoms with Gasteiger partial charge in [-0.2, -0.15) is 0 Å². The van der Waals surface area contributed by atoms with E-state index in [0.717, 1.165) is 36.7 Å². The van der Waals surface area contributed by atoms with Crippen LogP contribution in [0.25, 0.3) is 0 Å². The minimum atomic E-state index is 0.769. The second kappa shape index (κ2) is 5.48. The third kappa shape index (κ3) is 3.06. The minimum absolute atomic E-state index is 0.769. The van der Waals surface area contributed by atoms with Crippen molar-refractivity contribution in [3.63, 3.8) is 0 Å². The van der Waals surface area contributed by atoms with Gasteiger partial charge in [0.2, 0.25) is 0 Å². The summed E-state index contributed by atoms with van der Waals surface area (Å²) in [6.45, 7) is 3.10. The lowest BCUT2D eigenvalue weighted by Crippen LogP contribution is -2.05. The van der Waals surface area contributed by atoms with Crippen molar-refractivity contribution in [1.82, 2.24) is 14.5 Å². The molecule has 2 aromatic heterocycles. The Labute approximate surface area is 102 Å². The first-order chi connectivity index (χ1) is 8.29. The molecule has 0 unspecified atom stereocenters. The van der Waals surface area contributed by atoms with Gasteiger partial charge < -0.3 is 9.88 Å². The molecule has 0 aliphatic heterocycles. The number of hydrogen-bond acceptors (Lipinski definition) is 3. The third-order valence-electron chi connectivity index (χ3n) is 2.62. The zero-order chi connectivity index (χ0) is 12.1. The molecule has 0 atom stereocenters. The highest BCUT2D eigenvalue weighted by Gasteiger charge is 2.03. The van der Waals surface area contributed by atoms with Crippen molar-refractivity contribution in [2.75, 3.05) is 11.9 Å². The van der Waals surface area contributed by atoms with Crippen LogP contribution in [0.1, 0.15) is 24.9 Å². The van der Waals surface area contributed by atoms with E-state index < -0.39 is 0 Å². The van der Waals surface area contributed by atoms with Gasteiger partial charge in [-0.3, -0.25) is 0 Å². The summed E-state index contributed by atoms with van der Waals surface area (Å²) in [5.41, 5.74) is 1.04. The molecule has 90 valence electrons. The molecule has 4 nitrogen and oxygen atoms in total. The summed E-state index contributed by atoms with van der Waals surface area (Å²) < 4.78 is 2.02. The van der Waals surface area contributed by atoms with Crippen LogP contribution >= 0.6 is 0 Å². The highest BCUT2D eigenvalue weighted by molar-refractivity contribution is 5.35. The predicted octanol–water partition coefficient (Wildman–Crippen LogP) is 2.23. The van der Waals surface area contributed by atoms with Crippen molar-refractivity contribution in [3.05, 3.63) is 42.1 Å². The summed E-state index contributed by atoms with van der Waals surface area (Å²) in [6.07, 6.45) is 5.64. The van der Waals surface area contributed by atoms with Crippen LogP contribution in [-0.4, -0.2) is 21.1 Å². The summed E-state index contributed by atoms with van der Waals surface area (Å²) >= 11 is 0. The van der Waals surface area contributed by atoms with Crippen molar-refractivity contribution in [2.45, 2.75) is 19.8 Å². The first kappa shape index (κ1) is 11.6. The standard InChI is InChI=1S/C13H18N4/c1-3-7-14-12-6-4-5-11(16-12)10-13-15-8-9-17(13)2/h4-6,8-9H,3,7,10H2,1-2H3,(H,14,16). The zero-order valence-corrected chi connectivity index (χ0v) is 10.3. The summed E-state index contributed by atoms with van der Waals surface area (Å²) in [7, 11) is 2.00. The Morgan fingerprint density at radius 2 is 2.24 bits per heavy atom. The molecule has 0 aliphatic carbocycles. The SMILES string of the molecule is CCCNc1cccc(Cc2nccn2C)n1. The van der Waals surface area contributed by atoms with Gasteiger partial charge in [0.1, 0.15) is 11.6 Å². The van der Waals surface area contributed by atoms with Gasteiger partial charge in [0.05, 0.1) is 5.69 Å². The number of imidazole rings is 1. The minimum Gasteiger partial charge on any atom is -0.370 e. The van der Waals surface area contributed by atoms with E-state index in [1.165, 1.54) is 0 Å². The van der Waals surface area contributed by atoms with Crippen molar-refractivity contribution in [1.29, 1.82) is 0 Å². The lowest BCUT2D eigenvalue weighted by Gasteiger charge is -2.06. The van der Waals surface area contributed by atoms with Crippen LogP contribution in [0.4, 0.5) is 5.82 Å². The Bertz CT molecular complexity index is 476. The fraction of sp³-hybridized carbons (Fsp3) is 0.385. The molecule has 1 N–H and O–H groups in total. The van der Waals surface area contributed by atoms with Crippen LogP contribution in [0.3, 0.4) is 0 Å². The largest absolute Gasteiger partial charge is 0.370 e. The molecule has 2 heterocycles. The molecule has 0 saturated carbocycles.